The van der Waals surface area contributed by atoms with Gasteiger partial charge in [-0.3, -0.25) is 0 Å². The Labute approximate surface area is 93.5 Å². The molecule has 0 spiro atoms. The largest absolute Gasteiger partial charge is 0.353 e. The van der Waals surface area contributed by atoms with Crippen LogP contribution in [-0.4, -0.2) is 23.9 Å². The van der Waals surface area contributed by atoms with Crippen molar-refractivity contribution in [3.63, 3.8) is 0 Å². The van der Waals surface area contributed by atoms with E-state index in [4.69, 9.17) is 9.47 Å². The van der Waals surface area contributed by atoms with Crippen molar-refractivity contribution in [1.82, 2.24) is 0 Å². The number of halogens is 1. The standard InChI is InChI=1S/C10H17IO2/c11-7-10(4-5-10)8-13-9-3-1-2-6-12-9/h9H,1-8H2/t9-/m0/s1. The van der Waals surface area contributed by atoms with E-state index < -0.39 is 0 Å². The number of hydrogen-bond acceptors (Lipinski definition) is 2. The van der Waals surface area contributed by atoms with E-state index in [1.165, 1.54) is 30.1 Å². The molecular formula is C10H17IO2. The topological polar surface area (TPSA) is 18.5 Å². The summed E-state index contributed by atoms with van der Waals surface area (Å²) in [4.78, 5) is 0. The average Bonchev–Trinajstić information content (AvgIpc) is 2.97. The molecule has 0 radical (unpaired) electrons. The first-order valence-corrected chi connectivity index (χ1v) is 6.66. The van der Waals surface area contributed by atoms with Gasteiger partial charge in [0.05, 0.1) is 6.61 Å². The quantitative estimate of drug-likeness (QED) is 0.586. The normalized spacial score (nSPS) is 31.6. The maximum atomic E-state index is 5.77. The number of rotatable bonds is 4. The Hall–Kier alpha value is 0.650. The highest BCUT2D eigenvalue weighted by Crippen LogP contribution is 2.47. The van der Waals surface area contributed by atoms with Gasteiger partial charge in [-0.15, -0.1) is 0 Å². The molecule has 1 aliphatic heterocycles. The van der Waals surface area contributed by atoms with Crippen LogP contribution in [0.2, 0.25) is 0 Å². The molecule has 0 aromatic heterocycles. The van der Waals surface area contributed by atoms with Crippen molar-refractivity contribution in [2.75, 3.05) is 17.6 Å². The van der Waals surface area contributed by atoms with Gasteiger partial charge in [0, 0.05) is 16.4 Å². The molecule has 0 unspecified atom stereocenters. The molecule has 2 rings (SSSR count). The summed E-state index contributed by atoms with van der Waals surface area (Å²) >= 11 is 2.47. The number of ether oxygens (including phenoxy) is 2. The Kier molecular flexibility index (Phi) is 3.48. The van der Waals surface area contributed by atoms with Crippen molar-refractivity contribution >= 4 is 22.6 Å². The molecule has 2 fully saturated rings. The molecule has 1 atom stereocenters. The van der Waals surface area contributed by atoms with Crippen molar-refractivity contribution < 1.29 is 9.47 Å². The van der Waals surface area contributed by atoms with E-state index in [0.29, 0.717) is 5.41 Å². The Bertz CT molecular complexity index is 162. The first kappa shape index (κ1) is 10.2. The van der Waals surface area contributed by atoms with Crippen LogP contribution in [0.5, 0.6) is 0 Å². The van der Waals surface area contributed by atoms with Gasteiger partial charge in [-0.25, -0.2) is 0 Å². The number of hydrogen-bond donors (Lipinski definition) is 0. The van der Waals surface area contributed by atoms with E-state index in [-0.39, 0.29) is 6.29 Å². The minimum atomic E-state index is 0.106. The maximum Gasteiger partial charge on any atom is 0.157 e. The molecule has 1 aliphatic carbocycles. The predicted molar refractivity (Wildman–Crippen MR) is 60.1 cm³/mol. The summed E-state index contributed by atoms with van der Waals surface area (Å²) in [7, 11) is 0. The van der Waals surface area contributed by atoms with E-state index in [9.17, 15) is 0 Å². The summed E-state index contributed by atoms with van der Waals surface area (Å²) in [5.41, 5.74) is 0.529. The zero-order valence-corrected chi connectivity index (χ0v) is 10.1. The van der Waals surface area contributed by atoms with E-state index in [2.05, 4.69) is 22.6 Å². The summed E-state index contributed by atoms with van der Waals surface area (Å²) in [6.07, 6.45) is 6.37. The zero-order valence-electron chi connectivity index (χ0n) is 7.93. The molecular weight excluding hydrogens is 279 g/mol. The molecule has 2 aliphatic rings. The number of alkyl halides is 1. The van der Waals surface area contributed by atoms with Crippen LogP contribution >= 0.6 is 22.6 Å². The fourth-order valence-electron chi connectivity index (χ4n) is 1.61. The zero-order chi connectivity index (χ0) is 9.15. The van der Waals surface area contributed by atoms with Crippen LogP contribution in [0.25, 0.3) is 0 Å². The second-order valence-electron chi connectivity index (χ2n) is 4.24. The Morgan fingerprint density at radius 1 is 1.38 bits per heavy atom. The molecule has 1 saturated carbocycles. The smallest absolute Gasteiger partial charge is 0.157 e. The third-order valence-electron chi connectivity index (χ3n) is 2.95. The highest BCUT2D eigenvalue weighted by molar-refractivity contribution is 14.1. The SMILES string of the molecule is ICC1(CO[C@H]2CCCCO2)CC1. The molecule has 0 N–H and O–H groups in total. The van der Waals surface area contributed by atoms with E-state index >= 15 is 0 Å². The third kappa shape index (κ3) is 2.80. The molecule has 13 heavy (non-hydrogen) atoms. The molecule has 0 amide bonds. The first-order valence-electron chi connectivity index (χ1n) is 5.14. The molecule has 0 aromatic carbocycles. The van der Waals surface area contributed by atoms with Crippen LogP contribution in [0.3, 0.4) is 0 Å². The summed E-state index contributed by atoms with van der Waals surface area (Å²) in [5.74, 6) is 0. The van der Waals surface area contributed by atoms with Gasteiger partial charge in [0.1, 0.15) is 0 Å². The molecule has 3 heteroatoms. The van der Waals surface area contributed by atoms with Gasteiger partial charge in [-0.05, 0) is 32.1 Å². The lowest BCUT2D eigenvalue weighted by molar-refractivity contribution is -0.169. The van der Waals surface area contributed by atoms with Gasteiger partial charge >= 0.3 is 0 Å². The average molecular weight is 296 g/mol. The molecule has 1 saturated heterocycles. The summed E-state index contributed by atoms with van der Waals surface area (Å²) in [5, 5.41) is 0. The highest BCUT2D eigenvalue weighted by atomic mass is 127. The lowest BCUT2D eigenvalue weighted by Crippen LogP contribution is -2.25. The summed E-state index contributed by atoms with van der Waals surface area (Å²) in [6, 6.07) is 0. The van der Waals surface area contributed by atoms with E-state index in [1.807, 2.05) is 0 Å². The van der Waals surface area contributed by atoms with E-state index in [1.54, 1.807) is 0 Å². The van der Waals surface area contributed by atoms with Crippen LogP contribution < -0.4 is 0 Å². The minimum absolute atomic E-state index is 0.106. The maximum absolute atomic E-state index is 5.77. The van der Waals surface area contributed by atoms with Gasteiger partial charge in [0.25, 0.3) is 0 Å². The highest BCUT2D eigenvalue weighted by Gasteiger charge is 2.42. The lowest BCUT2D eigenvalue weighted by Gasteiger charge is -2.24. The van der Waals surface area contributed by atoms with Crippen LogP contribution in [0.1, 0.15) is 32.1 Å². The second-order valence-corrected chi connectivity index (χ2v) is 5.00. The molecule has 0 bridgehead atoms. The predicted octanol–water partition coefficient (Wildman–Crippen LogP) is 2.74. The van der Waals surface area contributed by atoms with Crippen molar-refractivity contribution in [1.29, 1.82) is 0 Å². The summed E-state index contributed by atoms with van der Waals surface area (Å²) < 4.78 is 12.5. The van der Waals surface area contributed by atoms with Crippen molar-refractivity contribution in [3.05, 3.63) is 0 Å². The van der Waals surface area contributed by atoms with Crippen LogP contribution in [0.15, 0.2) is 0 Å². The van der Waals surface area contributed by atoms with Gasteiger partial charge in [-0.2, -0.15) is 0 Å². The summed E-state index contributed by atoms with van der Waals surface area (Å²) in [6.45, 7) is 1.81. The molecule has 1 heterocycles. The van der Waals surface area contributed by atoms with Gasteiger partial charge in [0.2, 0.25) is 0 Å². The monoisotopic (exact) mass is 296 g/mol. The molecule has 0 aromatic rings. The fraction of sp³-hybridized carbons (Fsp3) is 1.00. The Morgan fingerprint density at radius 2 is 2.23 bits per heavy atom. The lowest BCUT2D eigenvalue weighted by atomic mass is 10.1. The minimum Gasteiger partial charge on any atom is -0.353 e. The van der Waals surface area contributed by atoms with Gasteiger partial charge < -0.3 is 9.47 Å². The Morgan fingerprint density at radius 3 is 2.77 bits per heavy atom. The molecule has 2 nitrogen and oxygen atoms in total. The second kappa shape index (κ2) is 4.45. The van der Waals surface area contributed by atoms with Crippen molar-refractivity contribution in [2.24, 2.45) is 5.41 Å². The van der Waals surface area contributed by atoms with Crippen LogP contribution in [0.4, 0.5) is 0 Å². The first-order chi connectivity index (χ1) is 6.35. The van der Waals surface area contributed by atoms with Crippen LogP contribution in [-0.2, 0) is 9.47 Å². The van der Waals surface area contributed by atoms with Crippen molar-refractivity contribution in [2.45, 2.75) is 38.4 Å². The Balaban J connectivity index is 1.66. The van der Waals surface area contributed by atoms with E-state index in [0.717, 1.165) is 19.6 Å². The molecule has 76 valence electrons. The van der Waals surface area contributed by atoms with Crippen LogP contribution in [0, 0.1) is 5.41 Å². The van der Waals surface area contributed by atoms with Crippen molar-refractivity contribution in [3.8, 4) is 0 Å². The fourth-order valence-corrected chi connectivity index (χ4v) is 2.59. The van der Waals surface area contributed by atoms with Gasteiger partial charge in [0.15, 0.2) is 6.29 Å². The third-order valence-corrected chi connectivity index (χ3v) is 4.57. The van der Waals surface area contributed by atoms with Gasteiger partial charge in [-0.1, -0.05) is 22.6 Å².